The van der Waals surface area contributed by atoms with Gasteiger partial charge in [-0.3, -0.25) is 4.79 Å². The maximum Gasteiger partial charge on any atom is 0.417 e. The van der Waals surface area contributed by atoms with Crippen molar-refractivity contribution in [3.8, 4) is 0 Å². The Hall–Kier alpha value is -2.65. The van der Waals surface area contributed by atoms with Crippen LogP contribution in [0, 0.1) is 0 Å². The minimum atomic E-state index is -4.60. The second kappa shape index (κ2) is 7.53. The summed E-state index contributed by atoms with van der Waals surface area (Å²) in [5.41, 5.74) is 1.07. The van der Waals surface area contributed by atoms with Crippen LogP contribution in [0.25, 0.3) is 0 Å². The van der Waals surface area contributed by atoms with Gasteiger partial charge in [-0.15, -0.1) is 0 Å². The molecule has 6 nitrogen and oxygen atoms in total. The number of hydrogen-bond donors (Lipinski definition) is 1. The van der Waals surface area contributed by atoms with Gasteiger partial charge in [-0.1, -0.05) is 17.7 Å². The molecule has 0 saturated carbocycles. The summed E-state index contributed by atoms with van der Waals surface area (Å²) in [7, 11) is 0. The molecule has 142 valence electrons. The van der Waals surface area contributed by atoms with E-state index in [0.717, 1.165) is 11.1 Å². The molecular weight excluding hydrogens is 389 g/mol. The highest BCUT2D eigenvalue weighted by Crippen LogP contribution is 2.32. The maximum absolute atomic E-state index is 12.6. The highest BCUT2D eigenvalue weighted by Gasteiger charge is 2.31. The summed E-state index contributed by atoms with van der Waals surface area (Å²) in [6, 6.07) is 5.56. The van der Waals surface area contributed by atoms with Crippen molar-refractivity contribution < 1.29 is 32.2 Å². The SMILES string of the molecule is O=C(COC(=O)c1ccc2c(c1)COC2)Nc1ncc(C(F)(F)F)cc1Cl. The Morgan fingerprint density at radius 3 is 2.67 bits per heavy atom. The quantitative estimate of drug-likeness (QED) is 0.794. The van der Waals surface area contributed by atoms with Gasteiger partial charge in [0.2, 0.25) is 0 Å². The largest absolute Gasteiger partial charge is 0.452 e. The molecule has 0 spiro atoms. The zero-order chi connectivity index (χ0) is 19.6. The number of benzene rings is 1. The Morgan fingerprint density at radius 1 is 1.22 bits per heavy atom. The average molecular weight is 401 g/mol. The van der Waals surface area contributed by atoms with Crippen LogP contribution in [0.5, 0.6) is 0 Å². The molecule has 0 fully saturated rings. The Labute approximate surface area is 156 Å². The van der Waals surface area contributed by atoms with E-state index in [-0.39, 0.29) is 16.4 Å². The monoisotopic (exact) mass is 400 g/mol. The van der Waals surface area contributed by atoms with E-state index in [2.05, 4.69) is 10.3 Å². The molecule has 10 heteroatoms. The molecule has 1 aromatic carbocycles. The van der Waals surface area contributed by atoms with Gasteiger partial charge in [0, 0.05) is 6.20 Å². The first-order chi connectivity index (χ1) is 12.7. The van der Waals surface area contributed by atoms with Crippen molar-refractivity contribution in [3.63, 3.8) is 0 Å². The Bertz CT molecular complexity index is 902. The molecular formula is C17H12ClF3N2O4. The van der Waals surface area contributed by atoms with Crippen molar-refractivity contribution in [2.24, 2.45) is 0 Å². The van der Waals surface area contributed by atoms with E-state index in [9.17, 15) is 22.8 Å². The topological polar surface area (TPSA) is 77.5 Å². The molecule has 0 bridgehead atoms. The van der Waals surface area contributed by atoms with Crippen LogP contribution >= 0.6 is 11.6 Å². The molecule has 1 aliphatic rings. The first kappa shape index (κ1) is 19.1. The van der Waals surface area contributed by atoms with E-state index in [1.54, 1.807) is 18.2 Å². The van der Waals surface area contributed by atoms with E-state index in [0.29, 0.717) is 25.5 Å². The predicted octanol–water partition coefficient (Wildman–Crippen LogP) is 3.58. The van der Waals surface area contributed by atoms with Crippen LogP contribution in [0.15, 0.2) is 30.5 Å². The molecule has 3 rings (SSSR count). The fourth-order valence-electron chi connectivity index (χ4n) is 2.37. The number of rotatable bonds is 4. The highest BCUT2D eigenvalue weighted by atomic mass is 35.5. The number of nitrogens with one attached hydrogen (secondary N) is 1. The van der Waals surface area contributed by atoms with Gasteiger partial charge in [0.15, 0.2) is 12.4 Å². The number of esters is 1. The first-order valence-electron chi connectivity index (χ1n) is 7.63. The number of halogens is 4. The number of carbonyl (C=O) groups excluding carboxylic acids is 2. The molecule has 27 heavy (non-hydrogen) atoms. The number of pyridine rings is 1. The van der Waals surface area contributed by atoms with Gasteiger partial charge in [0.1, 0.15) is 0 Å². The van der Waals surface area contributed by atoms with Crippen LogP contribution in [0.4, 0.5) is 19.0 Å². The smallest absolute Gasteiger partial charge is 0.417 e. The van der Waals surface area contributed by atoms with Crippen molar-refractivity contribution in [1.82, 2.24) is 4.98 Å². The lowest BCUT2D eigenvalue weighted by atomic mass is 10.1. The summed E-state index contributed by atoms with van der Waals surface area (Å²) in [4.78, 5) is 27.3. The number of ether oxygens (including phenoxy) is 2. The summed E-state index contributed by atoms with van der Waals surface area (Å²) >= 11 is 5.70. The van der Waals surface area contributed by atoms with E-state index >= 15 is 0 Å². The highest BCUT2D eigenvalue weighted by molar-refractivity contribution is 6.33. The summed E-state index contributed by atoms with van der Waals surface area (Å²) in [6.07, 6.45) is -4.06. The van der Waals surface area contributed by atoms with Gasteiger partial charge >= 0.3 is 12.1 Å². The van der Waals surface area contributed by atoms with Crippen LogP contribution in [0.2, 0.25) is 5.02 Å². The molecule has 0 aliphatic carbocycles. The summed E-state index contributed by atoms with van der Waals surface area (Å²) < 4.78 is 47.8. The standard InChI is InChI=1S/C17H12ClF3N2O4/c18-13-4-12(17(19,20)21)5-22-15(13)23-14(24)8-27-16(25)9-1-2-10-6-26-7-11(10)3-9/h1-5H,6-8H2,(H,22,23,24). The zero-order valence-corrected chi connectivity index (χ0v) is 14.4. The minimum Gasteiger partial charge on any atom is -0.452 e. The van der Waals surface area contributed by atoms with Crippen LogP contribution in [-0.4, -0.2) is 23.5 Å². The fourth-order valence-corrected chi connectivity index (χ4v) is 2.58. The molecule has 1 aliphatic heterocycles. The molecule has 1 N–H and O–H groups in total. The van der Waals surface area contributed by atoms with Crippen molar-refractivity contribution in [1.29, 1.82) is 0 Å². The molecule has 2 aromatic rings. The third-order valence-electron chi connectivity index (χ3n) is 3.72. The van der Waals surface area contributed by atoms with Crippen molar-refractivity contribution in [2.45, 2.75) is 19.4 Å². The number of nitrogens with zero attached hydrogens (tertiary/aromatic N) is 1. The maximum atomic E-state index is 12.6. The second-order valence-corrected chi connectivity index (χ2v) is 6.06. The third-order valence-corrected chi connectivity index (χ3v) is 4.01. The number of alkyl halides is 3. The molecule has 0 unspecified atom stereocenters. The van der Waals surface area contributed by atoms with Gasteiger partial charge < -0.3 is 14.8 Å². The number of aromatic nitrogens is 1. The number of carbonyl (C=O) groups is 2. The minimum absolute atomic E-state index is 0.262. The third kappa shape index (κ3) is 4.55. The molecule has 0 saturated heterocycles. The predicted molar refractivity (Wildman–Crippen MR) is 88.1 cm³/mol. The van der Waals surface area contributed by atoms with Gasteiger partial charge in [0.05, 0.1) is 29.4 Å². The van der Waals surface area contributed by atoms with Crippen LogP contribution < -0.4 is 5.32 Å². The molecule has 2 heterocycles. The Morgan fingerprint density at radius 2 is 1.96 bits per heavy atom. The first-order valence-corrected chi connectivity index (χ1v) is 8.01. The molecule has 0 radical (unpaired) electrons. The summed E-state index contributed by atoms with van der Waals surface area (Å²) in [5.74, 6) is -1.77. The van der Waals surface area contributed by atoms with E-state index in [4.69, 9.17) is 21.1 Å². The molecule has 1 aromatic heterocycles. The molecule has 0 atom stereocenters. The van der Waals surface area contributed by atoms with Crippen LogP contribution in [0.1, 0.15) is 27.0 Å². The van der Waals surface area contributed by atoms with E-state index in [1.165, 1.54) is 0 Å². The molecule has 1 amide bonds. The normalized spacial score (nSPS) is 13.2. The van der Waals surface area contributed by atoms with Crippen molar-refractivity contribution >= 4 is 29.3 Å². The van der Waals surface area contributed by atoms with Gasteiger partial charge in [-0.2, -0.15) is 13.2 Å². The summed E-state index contributed by atoms with van der Waals surface area (Å²) in [5, 5.41) is 1.80. The Balaban J connectivity index is 1.57. The van der Waals surface area contributed by atoms with Crippen molar-refractivity contribution in [2.75, 3.05) is 11.9 Å². The lowest BCUT2D eigenvalue weighted by Crippen LogP contribution is -2.22. The van der Waals surface area contributed by atoms with Crippen molar-refractivity contribution in [3.05, 3.63) is 57.7 Å². The van der Waals surface area contributed by atoms with Gasteiger partial charge in [0.25, 0.3) is 5.91 Å². The van der Waals surface area contributed by atoms with E-state index < -0.39 is 30.2 Å². The average Bonchev–Trinajstić information content (AvgIpc) is 3.08. The number of amides is 1. The van der Waals surface area contributed by atoms with E-state index in [1.807, 2.05) is 0 Å². The number of anilines is 1. The Kier molecular flexibility index (Phi) is 5.33. The van der Waals surface area contributed by atoms with Gasteiger partial charge in [-0.05, 0) is 29.3 Å². The van der Waals surface area contributed by atoms with Crippen LogP contribution in [-0.2, 0) is 33.7 Å². The fraction of sp³-hybridized carbons (Fsp3) is 0.235. The summed E-state index contributed by atoms with van der Waals surface area (Å²) in [6.45, 7) is 0.231. The number of fused-ring (bicyclic) bond motifs is 1. The lowest BCUT2D eigenvalue weighted by molar-refractivity contribution is -0.137. The number of hydrogen-bond acceptors (Lipinski definition) is 5. The van der Waals surface area contributed by atoms with Gasteiger partial charge in [-0.25, -0.2) is 9.78 Å². The second-order valence-electron chi connectivity index (χ2n) is 5.65. The van der Waals surface area contributed by atoms with Crippen LogP contribution in [0.3, 0.4) is 0 Å². The lowest BCUT2D eigenvalue weighted by Gasteiger charge is -2.10. The zero-order valence-electron chi connectivity index (χ0n) is 13.6.